The van der Waals surface area contributed by atoms with E-state index < -0.39 is 0 Å². The van der Waals surface area contributed by atoms with Crippen LogP contribution in [0, 0.1) is 24.2 Å². The lowest BCUT2D eigenvalue weighted by molar-refractivity contribution is 0.862. The van der Waals surface area contributed by atoms with Crippen molar-refractivity contribution in [2.45, 2.75) is 31.5 Å². The quantitative estimate of drug-likeness (QED) is 0.800. The Bertz CT molecular complexity index is 645. The average molecular weight is 318 g/mol. The van der Waals surface area contributed by atoms with E-state index in [9.17, 15) is 0 Å². The van der Waals surface area contributed by atoms with Gasteiger partial charge in [-0.15, -0.1) is 10.2 Å². The van der Waals surface area contributed by atoms with Crippen molar-refractivity contribution in [1.29, 1.82) is 5.26 Å². The molecule has 0 saturated heterocycles. The summed E-state index contributed by atoms with van der Waals surface area (Å²) in [5, 5.41) is 21.3. The van der Waals surface area contributed by atoms with Crippen LogP contribution < -0.4 is 5.32 Å². The number of anilines is 2. The highest BCUT2D eigenvalue weighted by molar-refractivity contribution is 8.01. The standard InChI is InChI=1S/C15H18N4S2/c1-4-12-7-5-6-11(3)13(12)17-14-18-19-15(21-14)20-9-10(2)8-16/h5-7,10H,4,9H2,1-3H3,(H,17,18)/t10-/m0/s1. The first-order valence-corrected chi connectivity index (χ1v) is 8.65. The first-order valence-electron chi connectivity index (χ1n) is 6.85. The minimum absolute atomic E-state index is 0.0263. The zero-order valence-corrected chi connectivity index (χ0v) is 14.0. The molecular formula is C15H18N4S2. The maximum atomic E-state index is 8.79. The zero-order valence-electron chi connectivity index (χ0n) is 12.4. The van der Waals surface area contributed by atoms with Crippen LogP contribution in [0.15, 0.2) is 22.5 Å². The molecule has 0 aliphatic rings. The number of aryl methyl sites for hydroxylation is 2. The molecule has 4 nitrogen and oxygen atoms in total. The van der Waals surface area contributed by atoms with E-state index in [0.717, 1.165) is 27.3 Å². The highest BCUT2D eigenvalue weighted by Crippen LogP contribution is 2.31. The van der Waals surface area contributed by atoms with Gasteiger partial charge in [0.15, 0.2) is 4.34 Å². The van der Waals surface area contributed by atoms with Crippen LogP contribution >= 0.6 is 23.1 Å². The Morgan fingerprint density at radius 1 is 1.43 bits per heavy atom. The maximum absolute atomic E-state index is 8.79. The van der Waals surface area contributed by atoms with E-state index in [1.807, 2.05) is 6.92 Å². The lowest BCUT2D eigenvalue weighted by Crippen LogP contribution is -1.97. The molecule has 0 aliphatic carbocycles. The summed E-state index contributed by atoms with van der Waals surface area (Å²) in [5.74, 6) is 0.772. The number of nitriles is 1. The second kappa shape index (κ2) is 7.43. The van der Waals surface area contributed by atoms with Gasteiger partial charge in [-0.3, -0.25) is 0 Å². The first-order chi connectivity index (χ1) is 10.1. The Labute approximate surface area is 133 Å². The summed E-state index contributed by atoms with van der Waals surface area (Å²) in [6.07, 6.45) is 0.976. The number of nitrogens with zero attached hydrogens (tertiary/aromatic N) is 3. The van der Waals surface area contributed by atoms with Gasteiger partial charge in [-0.25, -0.2) is 0 Å². The Hall–Kier alpha value is -1.58. The largest absolute Gasteiger partial charge is 0.330 e. The van der Waals surface area contributed by atoms with E-state index in [4.69, 9.17) is 5.26 Å². The number of thioether (sulfide) groups is 1. The van der Waals surface area contributed by atoms with Crippen LogP contribution in [-0.4, -0.2) is 16.0 Å². The van der Waals surface area contributed by atoms with Gasteiger partial charge in [0, 0.05) is 11.4 Å². The molecule has 2 rings (SSSR count). The van der Waals surface area contributed by atoms with Crippen molar-refractivity contribution in [2.24, 2.45) is 5.92 Å². The first kappa shape index (κ1) is 15.8. The lowest BCUT2D eigenvalue weighted by Gasteiger charge is -2.11. The average Bonchev–Trinajstić information content (AvgIpc) is 2.94. The van der Waals surface area contributed by atoms with Gasteiger partial charge in [-0.05, 0) is 31.4 Å². The number of benzene rings is 1. The van der Waals surface area contributed by atoms with Crippen LogP contribution in [0.4, 0.5) is 10.8 Å². The SMILES string of the molecule is CCc1cccc(C)c1Nc1nnc(SC[C@@H](C)C#N)s1. The third-order valence-electron chi connectivity index (χ3n) is 3.06. The van der Waals surface area contributed by atoms with E-state index in [-0.39, 0.29) is 5.92 Å². The van der Waals surface area contributed by atoms with Crippen molar-refractivity contribution in [3.8, 4) is 6.07 Å². The molecule has 0 aliphatic heterocycles. The molecule has 110 valence electrons. The van der Waals surface area contributed by atoms with Crippen molar-refractivity contribution in [3.63, 3.8) is 0 Å². The van der Waals surface area contributed by atoms with Gasteiger partial charge in [0.25, 0.3) is 0 Å². The fourth-order valence-corrected chi connectivity index (χ4v) is 3.59. The number of nitrogens with one attached hydrogen (secondary N) is 1. The van der Waals surface area contributed by atoms with Gasteiger partial charge in [0.05, 0.1) is 12.0 Å². The third kappa shape index (κ3) is 4.19. The van der Waals surface area contributed by atoms with Gasteiger partial charge in [0.1, 0.15) is 0 Å². The molecule has 0 saturated carbocycles. The summed E-state index contributed by atoms with van der Waals surface area (Å²) in [7, 11) is 0. The monoisotopic (exact) mass is 318 g/mol. The molecule has 6 heteroatoms. The van der Waals surface area contributed by atoms with Crippen molar-refractivity contribution in [2.75, 3.05) is 11.1 Å². The van der Waals surface area contributed by atoms with Crippen LogP contribution in [0.2, 0.25) is 0 Å². The summed E-state index contributed by atoms with van der Waals surface area (Å²) < 4.78 is 0.895. The normalized spacial score (nSPS) is 11.9. The number of hydrogen-bond acceptors (Lipinski definition) is 6. The molecule has 0 amide bonds. The van der Waals surface area contributed by atoms with Crippen LogP contribution in [0.25, 0.3) is 0 Å². The molecule has 1 N–H and O–H groups in total. The van der Waals surface area contributed by atoms with Gasteiger partial charge in [-0.2, -0.15) is 5.26 Å². The van der Waals surface area contributed by atoms with Crippen molar-refractivity contribution < 1.29 is 0 Å². The molecule has 2 aromatic rings. The van der Waals surface area contributed by atoms with Crippen LogP contribution in [0.1, 0.15) is 25.0 Å². The molecule has 0 radical (unpaired) electrons. The van der Waals surface area contributed by atoms with Crippen LogP contribution in [0.5, 0.6) is 0 Å². The summed E-state index contributed by atoms with van der Waals surface area (Å²) in [6, 6.07) is 8.51. The number of rotatable bonds is 6. The Kier molecular flexibility index (Phi) is 5.59. The summed E-state index contributed by atoms with van der Waals surface area (Å²) in [6.45, 7) is 6.14. The van der Waals surface area contributed by atoms with E-state index >= 15 is 0 Å². The van der Waals surface area contributed by atoms with E-state index in [1.165, 1.54) is 22.5 Å². The second-order valence-electron chi connectivity index (χ2n) is 4.80. The van der Waals surface area contributed by atoms with Gasteiger partial charge >= 0.3 is 0 Å². The molecule has 0 unspecified atom stereocenters. The Morgan fingerprint density at radius 3 is 2.95 bits per heavy atom. The predicted molar refractivity (Wildman–Crippen MR) is 89.2 cm³/mol. The zero-order chi connectivity index (χ0) is 15.2. The minimum atomic E-state index is 0.0263. The molecule has 1 aromatic carbocycles. The number of para-hydroxylation sites is 1. The second-order valence-corrected chi connectivity index (χ2v) is 7.05. The highest BCUT2D eigenvalue weighted by atomic mass is 32.2. The Morgan fingerprint density at radius 2 is 2.24 bits per heavy atom. The van der Waals surface area contributed by atoms with Crippen LogP contribution in [-0.2, 0) is 6.42 Å². The molecule has 0 bridgehead atoms. The Balaban J connectivity index is 2.08. The molecule has 1 atom stereocenters. The van der Waals surface area contributed by atoms with E-state index in [0.29, 0.717) is 0 Å². The fraction of sp³-hybridized carbons (Fsp3) is 0.400. The number of hydrogen-bond donors (Lipinski definition) is 1. The molecular weight excluding hydrogens is 300 g/mol. The third-order valence-corrected chi connectivity index (χ3v) is 5.29. The summed E-state index contributed by atoms with van der Waals surface area (Å²) in [5.41, 5.74) is 3.60. The topological polar surface area (TPSA) is 61.6 Å². The summed E-state index contributed by atoms with van der Waals surface area (Å²) in [4.78, 5) is 0. The summed E-state index contributed by atoms with van der Waals surface area (Å²) >= 11 is 3.11. The molecule has 1 heterocycles. The maximum Gasteiger partial charge on any atom is 0.210 e. The molecule has 0 fully saturated rings. The van der Waals surface area contributed by atoms with Gasteiger partial charge in [0.2, 0.25) is 5.13 Å². The van der Waals surface area contributed by atoms with Gasteiger partial charge < -0.3 is 5.32 Å². The smallest absolute Gasteiger partial charge is 0.210 e. The van der Waals surface area contributed by atoms with E-state index in [2.05, 4.69) is 53.6 Å². The number of aromatic nitrogens is 2. The van der Waals surface area contributed by atoms with Crippen molar-refractivity contribution >= 4 is 33.9 Å². The minimum Gasteiger partial charge on any atom is -0.330 e. The van der Waals surface area contributed by atoms with Crippen molar-refractivity contribution in [3.05, 3.63) is 29.3 Å². The van der Waals surface area contributed by atoms with E-state index in [1.54, 1.807) is 11.8 Å². The molecule has 21 heavy (non-hydrogen) atoms. The lowest BCUT2D eigenvalue weighted by atomic mass is 10.1. The van der Waals surface area contributed by atoms with Crippen molar-refractivity contribution in [1.82, 2.24) is 10.2 Å². The van der Waals surface area contributed by atoms with Gasteiger partial charge in [-0.1, -0.05) is 48.2 Å². The molecule has 0 spiro atoms. The highest BCUT2D eigenvalue weighted by Gasteiger charge is 2.10. The fourth-order valence-electron chi connectivity index (χ4n) is 1.86. The predicted octanol–water partition coefficient (Wildman–Crippen LogP) is 4.40. The molecule has 1 aromatic heterocycles. The van der Waals surface area contributed by atoms with Crippen LogP contribution in [0.3, 0.4) is 0 Å².